The van der Waals surface area contributed by atoms with Gasteiger partial charge in [0.25, 0.3) is 0 Å². The normalized spacial score (nSPS) is 13.1. The van der Waals surface area contributed by atoms with Crippen molar-refractivity contribution >= 4 is 5.91 Å². The number of alkyl halides is 3. The summed E-state index contributed by atoms with van der Waals surface area (Å²) >= 11 is 0. The zero-order valence-corrected chi connectivity index (χ0v) is 11.4. The molecule has 0 aliphatic rings. The largest absolute Gasteiger partial charge is 0.406 e. The van der Waals surface area contributed by atoms with Crippen LogP contribution in [0.3, 0.4) is 0 Å². The molecule has 20 heavy (non-hydrogen) atoms. The van der Waals surface area contributed by atoms with Gasteiger partial charge in [-0.3, -0.25) is 4.79 Å². The van der Waals surface area contributed by atoms with Crippen LogP contribution in [0.1, 0.15) is 31.4 Å². The fourth-order valence-electron chi connectivity index (χ4n) is 1.83. The lowest BCUT2D eigenvalue weighted by Gasteiger charge is -2.26. The molecule has 0 bridgehead atoms. The van der Waals surface area contributed by atoms with E-state index in [4.69, 9.17) is 5.73 Å². The summed E-state index contributed by atoms with van der Waals surface area (Å²) in [5.41, 5.74) is 6.29. The van der Waals surface area contributed by atoms with E-state index in [-0.39, 0.29) is 6.54 Å². The predicted molar refractivity (Wildman–Crippen MR) is 70.9 cm³/mol. The van der Waals surface area contributed by atoms with Crippen molar-refractivity contribution < 1.29 is 18.0 Å². The fourth-order valence-corrected chi connectivity index (χ4v) is 1.83. The lowest BCUT2D eigenvalue weighted by atomic mass is 10.1. The first kappa shape index (κ1) is 16.5. The molecule has 1 aromatic rings. The van der Waals surface area contributed by atoms with Crippen LogP contribution in [0.15, 0.2) is 30.3 Å². The van der Waals surface area contributed by atoms with E-state index in [1.54, 1.807) is 30.3 Å². The molecule has 0 radical (unpaired) electrons. The van der Waals surface area contributed by atoms with Crippen molar-refractivity contribution in [3.05, 3.63) is 35.9 Å². The summed E-state index contributed by atoms with van der Waals surface area (Å²) in [5.74, 6) is -0.693. The molecule has 0 spiro atoms. The number of hydrogen-bond donors (Lipinski definition) is 1. The Bertz CT molecular complexity index is 420. The minimum Gasteiger partial charge on any atom is -0.332 e. The number of unbranched alkanes of at least 4 members (excludes halogenated alkanes) is 1. The van der Waals surface area contributed by atoms with Gasteiger partial charge in [-0.25, -0.2) is 0 Å². The molecule has 0 aliphatic carbocycles. The van der Waals surface area contributed by atoms with Crippen LogP contribution < -0.4 is 5.73 Å². The van der Waals surface area contributed by atoms with Crippen molar-refractivity contribution in [2.75, 3.05) is 13.1 Å². The van der Waals surface area contributed by atoms with Crippen molar-refractivity contribution in [3.8, 4) is 0 Å². The van der Waals surface area contributed by atoms with Crippen molar-refractivity contribution in [1.29, 1.82) is 0 Å². The molecular formula is C14H19F3N2O. The van der Waals surface area contributed by atoms with Gasteiger partial charge in [-0.15, -0.1) is 0 Å². The Morgan fingerprint density at radius 3 is 2.40 bits per heavy atom. The maximum absolute atomic E-state index is 12.5. The Kier molecular flexibility index (Phi) is 6.01. The third-order valence-electron chi connectivity index (χ3n) is 2.89. The highest BCUT2D eigenvalue weighted by Crippen LogP contribution is 2.20. The summed E-state index contributed by atoms with van der Waals surface area (Å²) in [6.07, 6.45) is -3.19. The summed E-state index contributed by atoms with van der Waals surface area (Å²) in [5, 5.41) is 0. The molecule has 0 aliphatic heterocycles. The Labute approximate surface area is 116 Å². The number of carbonyl (C=O) groups excluding carboxylic acids is 1. The van der Waals surface area contributed by atoms with Crippen LogP contribution in [0.2, 0.25) is 0 Å². The molecule has 0 saturated heterocycles. The second-order valence-corrected chi connectivity index (χ2v) is 4.62. The summed E-state index contributed by atoms with van der Waals surface area (Å²) in [6.45, 7) is 0.662. The summed E-state index contributed by atoms with van der Waals surface area (Å²) in [6, 6.07) is 7.36. The molecule has 0 aromatic heterocycles. The van der Waals surface area contributed by atoms with E-state index < -0.39 is 24.7 Å². The van der Waals surface area contributed by atoms with Gasteiger partial charge in [0.15, 0.2) is 0 Å². The highest BCUT2D eigenvalue weighted by Gasteiger charge is 2.34. The van der Waals surface area contributed by atoms with Crippen LogP contribution >= 0.6 is 0 Å². The summed E-state index contributed by atoms with van der Waals surface area (Å²) in [4.78, 5) is 12.9. The number of amides is 1. The molecule has 0 heterocycles. The molecule has 112 valence electrons. The van der Waals surface area contributed by atoms with Crippen molar-refractivity contribution in [2.24, 2.45) is 5.73 Å². The summed E-state index contributed by atoms with van der Waals surface area (Å²) < 4.78 is 37.6. The number of carbonyl (C=O) groups is 1. The Balaban J connectivity index is 2.81. The van der Waals surface area contributed by atoms with E-state index in [1.807, 2.05) is 6.92 Å². The number of hydrogen-bond acceptors (Lipinski definition) is 2. The van der Waals surface area contributed by atoms with Gasteiger partial charge in [0.2, 0.25) is 5.91 Å². The molecule has 3 nitrogen and oxygen atoms in total. The highest BCUT2D eigenvalue weighted by molar-refractivity contribution is 5.83. The van der Waals surface area contributed by atoms with Crippen LogP contribution in [0, 0.1) is 0 Å². The van der Waals surface area contributed by atoms with Crippen LogP contribution in [-0.2, 0) is 4.79 Å². The fraction of sp³-hybridized carbons (Fsp3) is 0.500. The quantitative estimate of drug-likeness (QED) is 0.875. The minimum absolute atomic E-state index is 0.0649. The topological polar surface area (TPSA) is 46.3 Å². The first-order valence-electron chi connectivity index (χ1n) is 6.51. The molecule has 1 amide bonds. The number of nitrogens with two attached hydrogens (primary N) is 1. The number of nitrogens with zero attached hydrogens (tertiary/aromatic N) is 1. The average Bonchev–Trinajstić information content (AvgIpc) is 2.41. The Hall–Kier alpha value is -1.56. The van der Waals surface area contributed by atoms with Crippen LogP contribution in [0.25, 0.3) is 0 Å². The zero-order chi connectivity index (χ0) is 15.2. The van der Waals surface area contributed by atoms with Gasteiger partial charge < -0.3 is 10.6 Å². The molecule has 2 N–H and O–H groups in total. The molecule has 1 aromatic carbocycles. The molecule has 1 rings (SSSR count). The second kappa shape index (κ2) is 7.28. The van der Waals surface area contributed by atoms with E-state index in [2.05, 4.69) is 0 Å². The van der Waals surface area contributed by atoms with Gasteiger partial charge in [0.1, 0.15) is 12.6 Å². The van der Waals surface area contributed by atoms with Crippen molar-refractivity contribution in [2.45, 2.75) is 32.0 Å². The molecule has 0 unspecified atom stereocenters. The van der Waals surface area contributed by atoms with E-state index in [1.165, 1.54) is 0 Å². The number of halogens is 3. The van der Waals surface area contributed by atoms with Gasteiger partial charge in [-0.2, -0.15) is 13.2 Å². The SMILES string of the molecule is CCCCN(CC(F)(F)F)C(=O)[C@H](N)c1ccccc1. The van der Waals surface area contributed by atoms with Gasteiger partial charge in [0.05, 0.1) is 0 Å². The molecule has 0 fully saturated rings. The van der Waals surface area contributed by atoms with E-state index in [0.29, 0.717) is 18.4 Å². The standard InChI is InChI=1S/C14H19F3N2O/c1-2-3-9-19(10-14(15,16)17)13(20)12(18)11-7-5-4-6-8-11/h4-8,12H,2-3,9-10,18H2,1H3/t12-/m1/s1. The van der Waals surface area contributed by atoms with Crippen molar-refractivity contribution in [3.63, 3.8) is 0 Å². The molecule has 0 saturated carbocycles. The van der Waals surface area contributed by atoms with Gasteiger partial charge >= 0.3 is 6.18 Å². The Morgan fingerprint density at radius 1 is 1.30 bits per heavy atom. The number of rotatable bonds is 6. The third kappa shape index (κ3) is 5.21. The summed E-state index contributed by atoms with van der Waals surface area (Å²) in [7, 11) is 0. The lowest BCUT2D eigenvalue weighted by Crippen LogP contribution is -2.44. The first-order valence-corrected chi connectivity index (χ1v) is 6.51. The number of benzene rings is 1. The monoisotopic (exact) mass is 288 g/mol. The molecule has 1 atom stereocenters. The van der Waals surface area contributed by atoms with Gasteiger partial charge in [0, 0.05) is 6.54 Å². The molecule has 6 heteroatoms. The maximum atomic E-state index is 12.5. The maximum Gasteiger partial charge on any atom is 0.406 e. The van der Waals surface area contributed by atoms with E-state index in [0.717, 1.165) is 4.90 Å². The lowest BCUT2D eigenvalue weighted by molar-refractivity contribution is -0.162. The first-order chi connectivity index (χ1) is 9.35. The Morgan fingerprint density at radius 2 is 1.90 bits per heavy atom. The van der Waals surface area contributed by atoms with E-state index in [9.17, 15) is 18.0 Å². The van der Waals surface area contributed by atoms with Gasteiger partial charge in [-0.05, 0) is 12.0 Å². The van der Waals surface area contributed by atoms with Crippen LogP contribution in [0.4, 0.5) is 13.2 Å². The van der Waals surface area contributed by atoms with Crippen LogP contribution in [-0.4, -0.2) is 30.1 Å². The minimum atomic E-state index is -4.42. The van der Waals surface area contributed by atoms with Gasteiger partial charge in [-0.1, -0.05) is 43.7 Å². The zero-order valence-electron chi connectivity index (χ0n) is 11.4. The average molecular weight is 288 g/mol. The van der Waals surface area contributed by atoms with E-state index >= 15 is 0 Å². The predicted octanol–water partition coefficient (Wildman–Crippen LogP) is 2.88. The van der Waals surface area contributed by atoms with Crippen LogP contribution in [0.5, 0.6) is 0 Å². The highest BCUT2D eigenvalue weighted by atomic mass is 19.4. The second-order valence-electron chi connectivity index (χ2n) is 4.62. The molecular weight excluding hydrogens is 269 g/mol. The smallest absolute Gasteiger partial charge is 0.332 e. The third-order valence-corrected chi connectivity index (χ3v) is 2.89. The van der Waals surface area contributed by atoms with Crippen molar-refractivity contribution in [1.82, 2.24) is 4.90 Å².